The zero-order valence-corrected chi connectivity index (χ0v) is 11.8. The topological polar surface area (TPSA) is 33.1 Å². The summed E-state index contributed by atoms with van der Waals surface area (Å²) in [6.07, 6.45) is 3.12. The van der Waals surface area contributed by atoms with Crippen molar-refractivity contribution in [2.45, 2.75) is 39.8 Å². The smallest absolute Gasteiger partial charge is 0.0951 e. The molecule has 1 aromatic heterocycles. The quantitative estimate of drug-likeness (QED) is 0.780. The predicted octanol–water partition coefficient (Wildman–Crippen LogP) is 1.43. The second-order valence-corrected chi connectivity index (χ2v) is 5.06. The number of nitrogens with zero attached hydrogens (tertiary/aromatic N) is 3. The van der Waals surface area contributed by atoms with E-state index in [-0.39, 0.29) is 0 Å². The molecule has 0 amide bonds. The predicted molar refractivity (Wildman–Crippen MR) is 72.3 cm³/mol. The molecular formula is C13H26N4. The van der Waals surface area contributed by atoms with Crippen molar-refractivity contribution < 1.29 is 0 Å². The van der Waals surface area contributed by atoms with Gasteiger partial charge in [-0.1, -0.05) is 0 Å². The van der Waals surface area contributed by atoms with Crippen molar-refractivity contribution in [1.29, 1.82) is 0 Å². The van der Waals surface area contributed by atoms with Gasteiger partial charge in [0, 0.05) is 24.8 Å². The lowest BCUT2D eigenvalue weighted by molar-refractivity contribution is 0.364. The molecule has 1 aromatic rings. The summed E-state index contributed by atoms with van der Waals surface area (Å²) < 4.78 is 2.21. The van der Waals surface area contributed by atoms with E-state index in [1.165, 1.54) is 12.1 Å². The van der Waals surface area contributed by atoms with Gasteiger partial charge in [0.1, 0.15) is 0 Å². The van der Waals surface area contributed by atoms with Gasteiger partial charge in [-0.15, -0.1) is 0 Å². The lowest BCUT2D eigenvalue weighted by atomic mass is 10.2. The SMILES string of the molecule is Cc1ncn(CCN[C@@H](C)CCN(C)C)c1C. The summed E-state index contributed by atoms with van der Waals surface area (Å²) in [4.78, 5) is 6.53. The van der Waals surface area contributed by atoms with E-state index < -0.39 is 0 Å². The Kier molecular flexibility index (Phi) is 5.65. The minimum Gasteiger partial charge on any atom is -0.333 e. The second kappa shape index (κ2) is 6.77. The van der Waals surface area contributed by atoms with Crippen molar-refractivity contribution in [2.75, 3.05) is 27.2 Å². The lowest BCUT2D eigenvalue weighted by Crippen LogP contribution is -2.32. The molecule has 0 saturated heterocycles. The molecule has 1 atom stereocenters. The van der Waals surface area contributed by atoms with Gasteiger partial charge in [0.2, 0.25) is 0 Å². The molecule has 4 heteroatoms. The Balaban J connectivity index is 2.21. The largest absolute Gasteiger partial charge is 0.333 e. The van der Waals surface area contributed by atoms with E-state index in [2.05, 4.69) is 54.6 Å². The molecule has 1 heterocycles. The highest BCUT2D eigenvalue weighted by atomic mass is 15.1. The first-order chi connectivity index (χ1) is 8.00. The molecule has 0 spiro atoms. The number of hydrogen-bond acceptors (Lipinski definition) is 3. The lowest BCUT2D eigenvalue weighted by Gasteiger charge is -2.17. The van der Waals surface area contributed by atoms with Crippen LogP contribution in [0.15, 0.2) is 6.33 Å². The Morgan fingerprint density at radius 1 is 1.41 bits per heavy atom. The molecule has 0 aromatic carbocycles. The first-order valence-corrected chi connectivity index (χ1v) is 6.37. The van der Waals surface area contributed by atoms with Crippen molar-refractivity contribution in [1.82, 2.24) is 19.8 Å². The molecule has 0 unspecified atom stereocenters. The van der Waals surface area contributed by atoms with E-state index in [9.17, 15) is 0 Å². The Morgan fingerprint density at radius 3 is 2.65 bits per heavy atom. The Bertz CT molecular complexity index is 330. The number of rotatable bonds is 7. The minimum absolute atomic E-state index is 0.572. The molecular weight excluding hydrogens is 212 g/mol. The molecule has 1 N–H and O–H groups in total. The van der Waals surface area contributed by atoms with Crippen molar-refractivity contribution in [3.63, 3.8) is 0 Å². The summed E-state index contributed by atoms with van der Waals surface area (Å²) in [5, 5.41) is 3.55. The van der Waals surface area contributed by atoms with Crippen LogP contribution in [0.1, 0.15) is 24.7 Å². The van der Waals surface area contributed by atoms with Gasteiger partial charge >= 0.3 is 0 Å². The molecule has 0 aliphatic heterocycles. The van der Waals surface area contributed by atoms with Gasteiger partial charge in [-0.3, -0.25) is 0 Å². The fourth-order valence-corrected chi connectivity index (χ4v) is 1.75. The van der Waals surface area contributed by atoms with Crippen LogP contribution in [-0.2, 0) is 6.54 Å². The first-order valence-electron chi connectivity index (χ1n) is 6.37. The molecule has 4 nitrogen and oxygen atoms in total. The van der Waals surface area contributed by atoms with Gasteiger partial charge in [-0.05, 0) is 47.8 Å². The van der Waals surface area contributed by atoms with Gasteiger partial charge in [-0.2, -0.15) is 0 Å². The average Bonchev–Trinajstić information content (AvgIpc) is 2.58. The molecule has 0 aliphatic rings. The minimum atomic E-state index is 0.572. The Morgan fingerprint density at radius 2 is 2.12 bits per heavy atom. The van der Waals surface area contributed by atoms with Gasteiger partial charge in [0.15, 0.2) is 0 Å². The van der Waals surface area contributed by atoms with Crippen molar-refractivity contribution >= 4 is 0 Å². The van der Waals surface area contributed by atoms with E-state index in [1.54, 1.807) is 0 Å². The van der Waals surface area contributed by atoms with E-state index in [0.29, 0.717) is 6.04 Å². The number of aryl methyl sites for hydroxylation is 1. The molecule has 0 radical (unpaired) electrons. The summed E-state index contributed by atoms with van der Waals surface area (Å²) in [7, 11) is 4.23. The van der Waals surface area contributed by atoms with Crippen molar-refractivity contribution in [3.05, 3.63) is 17.7 Å². The van der Waals surface area contributed by atoms with Crippen LogP contribution in [0, 0.1) is 13.8 Å². The summed E-state index contributed by atoms with van der Waals surface area (Å²) in [6.45, 7) is 9.56. The van der Waals surface area contributed by atoms with Crippen LogP contribution in [-0.4, -0.2) is 47.7 Å². The summed E-state index contributed by atoms with van der Waals surface area (Å²) in [6, 6.07) is 0.572. The highest BCUT2D eigenvalue weighted by Gasteiger charge is 2.04. The molecule has 0 fully saturated rings. The molecule has 17 heavy (non-hydrogen) atoms. The number of imidazole rings is 1. The van der Waals surface area contributed by atoms with Gasteiger partial charge in [-0.25, -0.2) is 4.98 Å². The highest BCUT2D eigenvalue weighted by Crippen LogP contribution is 2.03. The molecule has 0 saturated carbocycles. The monoisotopic (exact) mass is 238 g/mol. The van der Waals surface area contributed by atoms with Crippen LogP contribution in [0.2, 0.25) is 0 Å². The zero-order valence-electron chi connectivity index (χ0n) is 11.8. The Labute approximate surface area is 105 Å². The van der Waals surface area contributed by atoms with E-state index in [1.807, 2.05) is 6.33 Å². The van der Waals surface area contributed by atoms with Gasteiger partial charge in [0.25, 0.3) is 0 Å². The van der Waals surface area contributed by atoms with Crippen LogP contribution >= 0.6 is 0 Å². The van der Waals surface area contributed by atoms with Crippen LogP contribution in [0.5, 0.6) is 0 Å². The zero-order chi connectivity index (χ0) is 12.8. The van der Waals surface area contributed by atoms with Gasteiger partial charge < -0.3 is 14.8 Å². The summed E-state index contributed by atoms with van der Waals surface area (Å²) >= 11 is 0. The third-order valence-electron chi connectivity index (χ3n) is 3.20. The number of hydrogen-bond donors (Lipinski definition) is 1. The highest BCUT2D eigenvalue weighted by molar-refractivity contribution is 5.08. The van der Waals surface area contributed by atoms with E-state index >= 15 is 0 Å². The Hall–Kier alpha value is -0.870. The maximum absolute atomic E-state index is 4.30. The second-order valence-electron chi connectivity index (χ2n) is 5.06. The third kappa shape index (κ3) is 4.88. The number of nitrogens with one attached hydrogen (secondary N) is 1. The standard InChI is InChI=1S/C13H26N4/c1-11(6-8-16(4)5)14-7-9-17-10-15-12(2)13(17)3/h10-11,14H,6-9H2,1-5H3/t11-/m0/s1. The maximum atomic E-state index is 4.30. The van der Waals surface area contributed by atoms with Gasteiger partial charge in [0.05, 0.1) is 12.0 Å². The van der Waals surface area contributed by atoms with Crippen molar-refractivity contribution in [3.8, 4) is 0 Å². The first kappa shape index (κ1) is 14.2. The molecule has 98 valence electrons. The van der Waals surface area contributed by atoms with Crippen LogP contribution in [0.25, 0.3) is 0 Å². The van der Waals surface area contributed by atoms with Crippen LogP contribution in [0.4, 0.5) is 0 Å². The summed E-state index contributed by atoms with van der Waals surface area (Å²) in [5.74, 6) is 0. The molecule has 1 rings (SSSR count). The third-order valence-corrected chi connectivity index (χ3v) is 3.20. The van der Waals surface area contributed by atoms with Crippen LogP contribution in [0.3, 0.4) is 0 Å². The maximum Gasteiger partial charge on any atom is 0.0951 e. The van der Waals surface area contributed by atoms with E-state index in [0.717, 1.165) is 25.3 Å². The fraction of sp³-hybridized carbons (Fsp3) is 0.769. The van der Waals surface area contributed by atoms with Crippen LogP contribution < -0.4 is 5.32 Å². The average molecular weight is 238 g/mol. The number of aromatic nitrogens is 2. The van der Waals surface area contributed by atoms with E-state index in [4.69, 9.17) is 0 Å². The fourth-order valence-electron chi connectivity index (χ4n) is 1.75. The van der Waals surface area contributed by atoms with Crippen molar-refractivity contribution in [2.24, 2.45) is 0 Å². The normalized spacial score (nSPS) is 13.3. The molecule has 0 bridgehead atoms. The summed E-state index contributed by atoms with van der Waals surface area (Å²) in [5.41, 5.74) is 2.40. The molecule has 0 aliphatic carbocycles.